The minimum Gasteiger partial charge on any atom is -0.356 e. The number of para-hydroxylation sites is 2. The SMILES string of the molecule is C[C@@H]1c2[nH]c3ccccc3c2C[C@@H]2C(=O)N(c3ccccc3)C(=S)N21. The highest BCUT2D eigenvalue weighted by Crippen LogP contribution is 2.41. The van der Waals surface area contributed by atoms with Gasteiger partial charge in [-0.15, -0.1) is 0 Å². The van der Waals surface area contributed by atoms with Crippen LogP contribution < -0.4 is 4.90 Å². The van der Waals surface area contributed by atoms with Crippen molar-refractivity contribution in [3.8, 4) is 0 Å². The number of carbonyl (C=O) groups excluding carboxylic acids is 1. The van der Waals surface area contributed by atoms with Crippen molar-refractivity contribution < 1.29 is 4.79 Å². The molecule has 2 aliphatic rings. The fraction of sp³-hybridized carbons (Fsp3) is 0.200. The van der Waals surface area contributed by atoms with Gasteiger partial charge >= 0.3 is 0 Å². The number of H-pyrrole nitrogens is 1. The molecule has 1 amide bonds. The molecule has 3 heterocycles. The van der Waals surface area contributed by atoms with Gasteiger partial charge in [-0.3, -0.25) is 9.69 Å². The van der Waals surface area contributed by atoms with E-state index >= 15 is 0 Å². The second kappa shape index (κ2) is 5.17. The van der Waals surface area contributed by atoms with Gasteiger partial charge in [0.1, 0.15) is 6.04 Å². The third kappa shape index (κ3) is 1.93. The number of benzene rings is 2. The molecule has 0 unspecified atom stereocenters. The van der Waals surface area contributed by atoms with E-state index in [4.69, 9.17) is 12.2 Å². The molecule has 1 fully saturated rings. The Morgan fingerprint density at radius 3 is 2.60 bits per heavy atom. The Morgan fingerprint density at radius 1 is 1.08 bits per heavy atom. The molecule has 0 aliphatic carbocycles. The predicted octanol–water partition coefficient (Wildman–Crippen LogP) is 3.79. The zero-order valence-electron chi connectivity index (χ0n) is 13.8. The number of nitrogens with one attached hydrogen (secondary N) is 1. The van der Waals surface area contributed by atoms with Crippen LogP contribution in [0.25, 0.3) is 10.9 Å². The van der Waals surface area contributed by atoms with Crippen LogP contribution in [0.1, 0.15) is 24.2 Å². The maximum Gasteiger partial charge on any atom is 0.256 e. The van der Waals surface area contributed by atoms with Gasteiger partial charge in [0.15, 0.2) is 5.11 Å². The summed E-state index contributed by atoms with van der Waals surface area (Å²) in [4.78, 5) is 20.5. The number of carbonyl (C=O) groups is 1. The van der Waals surface area contributed by atoms with Crippen molar-refractivity contribution in [1.29, 1.82) is 0 Å². The lowest BCUT2D eigenvalue weighted by Crippen LogP contribution is -2.42. The van der Waals surface area contributed by atoms with Crippen molar-refractivity contribution in [2.45, 2.75) is 25.4 Å². The number of rotatable bonds is 1. The molecule has 2 aromatic carbocycles. The van der Waals surface area contributed by atoms with Crippen LogP contribution in [0.3, 0.4) is 0 Å². The number of fused-ring (bicyclic) bond motifs is 4. The van der Waals surface area contributed by atoms with Crippen molar-refractivity contribution in [2.75, 3.05) is 4.90 Å². The molecule has 2 aliphatic heterocycles. The lowest BCUT2D eigenvalue weighted by molar-refractivity contribution is -0.120. The van der Waals surface area contributed by atoms with Crippen molar-refractivity contribution in [3.63, 3.8) is 0 Å². The Hall–Kier alpha value is -2.66. The van der Waals surface area contributed by atoms with Gasteiger partial charge < -0.3 is 9.88 Å². The van der Waals surface area contributed by atoms with Crippen LogP contribution in [0.15, 0.2) is 54.6 Å². The minimum absolute atomic E-state index is 0.0475. The molecule has 5 heteroatoms. The molecule has 124 valence electrons. The standard InChI is InChI=1S/C20H17N3OS/c1-12-18-15(14-9-5-6-10-16(14)21-18)11-17-19(24)23(20(25)22(12)17)13-7-3-2-4-8-13/h2-10,12,17,21H,11H2,1H3/t12-,17-/m1/s1. The molecule has 1 saturated heterocycles. The summed E-state index contributed by atoms with van der Waals surface area (Å²) in [6.07, 6.45) is 0.687. The first-order chi connectivity index (χ1) is 12.2. The van der Waals surface area contributed by atoms with Gasteiger partial charge in [-0.25, -0.2) is 0 Å². The molecule has 5 rings (SSSR count). The predicted molar refractivity (Wildman–Crippen MR) is 103 cm³/mol. The Labute approximate surface area is 151 Å². The third-order valence-corrected chi connectivity index (χ3v) is 5.74. The third-order valence-electron chi connectivity index (χ3n) is 5.35. The summed E-state index contributed by atoms with van der Waals surface area (Å²) in [6.45, 7) is 2.12. The highest BCUT2D eigenvalue weighted by molar-refractivity contribution is 7.80. The number of amides is 1. The Morgan fingerprint density at radius 2 is 1.80 bits per heavy atom. The van der Waals surface area contributed by atoms with Gasteiger partial charge in [0.2, 0.25) is 0 Å². The molecular formula is C20H17N3OS. The van der Waals surface area contributed by atoms with E-state index in [-0.39, 0.29) is 18.0 Å². The highest BCUT2D eigenvalue weighted by Gasteiger charge is 2.49. The van der Waals surface area contributed by atoms with Crippen LogP contribution in [0.4, 0.5) is 5.69 Å². The fourth-order valence-corrected chi connectivity index (χ4v) is 4.66. The smallest absolute Gasteiger partial charge is 0.256 e. The summed E-state index contributed by atoms with van der Waals surface area (Å²) in [5, 5.41) is 1.80. The van der Waals surface area contributed by atoms with Crippen molar-refractivity contribution in [1.82, 2.24) is 9.88 Å². The van der Waals surface area contributed by atoms with E-state index in [0.29, 0.717) is 11.5 Å². The van der Waals surface area contributed by atoms with Crippen LogP contribution >= 0.6 is 12.2 Å². The second-order valence-electron chi connectivity index (χ2n) is 6.66. The molecular weight excluding hydrogens is 330 g/mol. The molecule has 0 radical (unpaired) electrons. The van der Waals surface area contributed by atoms with Crippen LogP contribution in [0.2, 0.25) is 0 Å². The number of anilines is 1. The summed E-state index contributed by atoms with van der Waals surface area (Å²) in [5.41, 5.74) is 4.38. The number of nitrogens with zero attached hydrogens (tertiary/aromatic N) is 2. The first-order valence-corrected chi connectivity index (χ1v) is 8.88. The van der Waals surface area contributed by atoms with E-state index < -0.39 is 0 Å². The molecule has 4 nitrogen and oxygen atoms in total. The van der Waals surface area contributed by atoms with Gasteiger partial charge in [-0.2, -0.15) is 0 Å². The summed E-state index contributed by atoms with van der Waals surface area (Å²) in [5.74, 6) is 0.0685. The van der Waals surface area contributed by atoms with Gasteiger partial charge in [0.05, 0.1) is 11.7 Å². The average molecular weight is 347 g/mol. The molecule has 0 spiro atoms. The molecule has 2 atom stereocenters. The lowest BCUT2D eigenvalue weighted by atomic mass is 9.93. The van der Waals surface area contributed by atoms with E-state index in [2.05, 4.69) is 28.9 Å². The fourth-order valence-electron chi connectivity index (χ4n) is 4.18. The van der Waals surface area contributed by atoms with Crippen LogP contribution in [0.5, 0.6) is 0 Å². The molecule has 0 bridgehead atoms. The molecule has 0 saturated carbocycles. The lowest BCUT2D eigenvalue weighted by Gasteiger charge is -2.34. The topological polar surface area (TPSA) is 39.3 Å². The molecule has 1 N–H and O–H groups in total. The molecule has 3 aromatic rings. The van der Waals surface area contributed by atoms with E-state index in [1.54, 1.807) is 4.90 Å². The summed E-state index contributed by atoms with van der Waals surface area (Å²) in [6, 6.07) is 17.8. The summed E-state index contributed by atoms with van der Waals surface area (Å²) in [7, 11) is 0. The largest absolute Gasteiger partial charge is 0.356 e. The van der Waals surface area contributed by atoms with Gasteiger partial charge in [0.25, 0.3) is 5.91 Å². The van der Waals surface area contributed by atoms with E-state index in [9.17, 15) is 4.79 Å². The number of aromatic nitrogens is 1. The number of aromatic amines is 1. The quantitative estimate of drug-likeness (QED) is 0.681. The van der Waals surface area contributed by atoms with Gasteiger partial charge in [0, 0.05) is 23.0 Å². The van der Waals surface area contributed by atoms with Gasteiger partial charge in [-0.05, 0) is 42.9 Å². The first kappa shape index (κ1) is 14.7. The van der Waals surface area contributed by atoms with Crippen LogP contribution in [-0.2, 0) is 11.2 Å². The van der Waals surface area contributed by atoms with E-state index in [0.717, 1.165) is 11.2 Å². The van der Waals surface area contributed by atoms with Crippen molar-refractivity contribution in [2.24, 2.45) is 0 Å². The maximum atomic E-state index is 13.2. The second-order valence-corrected chi connectivity index (χ2v) is 7.02. The summed E-state index contributed by atoms with van der Waals surface area (Å²) < 4.78 is 0. The number of hydrogen-bond donors (Lipinski definition) is 1. The Bertz CT molecular complexity index is 1010. The van der Waals surface area contributed by atoms with E-state index in [1.807, 2.05) is 42.5 Å². The zero-order valence-corrected chi connectivity index (χ0v) is 14.6. The normalized spacial score (nSPS) is 22.4. The van der Waals surface area contributed by atoms with E-state index in [1.165, 1.54) is 16.6 Å². The average Bonchev–Trinajstić information content (AvgIpc) is 3.13. The monoisotopic (exact) mass is 347 g/mol. The molecule has 1 aromatic heterocycles. The Kier molecular flexibility index (Phi) is 3.03. The number of hydrogen-bond acceptors (Lipinski definition) is 2. The van der Waals surface area contributed by atoms with Crippen LogP contribution in [0, 0.1) is 0 Å². The first-order valence-electron chi connectivity index (χ1n) is 8.47. The van der Waals surface area contributed by atoms with Crippen molar-refractivity contribution >= 4 is 39.8 Å². The maximum absolute atomic E-state index is 13.2. The number of thiocarbonyl (C=S) groups is 1. The van der Waals surface area contributed by atoms with Crippen LogP contribution in [-0.4, -0.2) is 26.9 Å². The Balaban J connectivity index is 1.62. The molecule has 25 heavy (non-hydrogen) atoms. The van der Waals surface area contributed by atoms with Gasteiger partial charge in [-0.1, -0.05) is 36.4 Å². The zero-order chi connectivity index (χ0) is 17.1. The summed E-state index contributed by atoms with van der Waals surface area (Å²) >= 11 is 5.70. The highest BCUT2D eigenvalue weighted by atomic mass is 32.1. The minimum atomic E-state index is -0.227. The van der Waals surface area contributed by atoms with Crippen molar-refractivity contribution in [3.05, 3.63) is 65.9 Å².